The van der Waals surface area contributed by atoms with Crippen molar-refractivity contribution in [2.45, 2.75) is 38.6 Å². The molecular weight excluding hydrogens is 230 g/mol. The molecule has 0 aliphatic heterocycles. The van der Waals surface area contributed by atoms with Gasteiger partial charge in [0.15, 0.2) is 0 Å². The normalized spacial score (nSPS) is 14.7. The molecule has 1 saturated carbocycles. The van der Waals surface area contributed by atoms with E-state index < -0.39 is 0 Å². The summed E-state index contributed by atoms with van der Waals surface area (Å²) >= 11 is 0. The highest BCUT2D eigenvalue weighted by molar-refractivity contribution is 5.38. The molecule has 2 rings (SSSR count). The van der Waals surface area contributed by atoms with E-state index in [-0.39, 0.29) is 12.2 Å². The average Bonchev–Trinajstić information content (AvgIpc) is 3.18. The van der Waals surface area contributed by atoms with Crippen LogP contribution < -0.4 is 10.9 Å². The summed E-state index contributed by atoms with van der Waals surface area (Å²) in [7, 11) is 0. The molecule has 1 aromatic heterocycles. The van der Waals surface area contributed by atoms with Gasteiger partial charge < -0.3 is 10.4 Å². The number of rotatable bonds is 8. The smallest absolute Gasteiger partial charge is 0.268 e. The average molecular weight is 251 g/mol. The highest BCUT2D eigenvalue weighted by atomic mass is 16.2. The van der Waals surface area contributed by atoms with Crippen LogP contribution in [0.5, 0.6) is 0 Å². The zero-order valence-electron chi connectivity index (χ0n) is 10.6. The Morgan fingerprint density at radius 3 is 2.89 bits per heavy atom. The minimum absolute atomic E-state index is 0.0557. The van der Waals surface area contributed by atoms with Crippen molar-refractivity contribution in [1.29, 1.82) is 0 Å². The van der Waals surface area contributed by atoms with E-state index >= 15 is 0 Å². The molecule has 0 saturated heterocycles. The van der Waals surface area contributed by atoms with Crippen molar-refractivity contribution >= 4 is 5.69 Å². The molecule has 5 nitrogen and oxygen atoms in total. The molecule has 0 unspecified atom stereocenters. The van der Waals surface area contributed by atoms with E-state index in [9.17, 15) is 4.79 Å². The van der Waals surface area contributed by atoms with E-state index in [0.29, 0.717) is 6.54 Å². The molecule has 0 atom stereocenters. The maximum atomic E-state index is 11.8. The number of nitrogens with zero attached hydrogens (tertiary/aromatic N) is 2. The molecule has 2 N–H and O–H groups in total. The van der Waals surface area contributed by atoms with Gasteiger partial charge in [-0.3, -0.25) is 4.79 Å². The number of anilines is 1. The Morgan fingerprint density at radius 1 is 1.39 bits per heavy atom. The standard InChI is InChI=1S/C13H21N3O2/c17-7-3-1-2-6-16-13(18)8-12(10-15-16)14-9-11-4-5-11/h8,10-11,14,17H,1-7,9H2. The van der Waals surface area contributed by atoms with Crippen LogP contribution in [0.25, 0.3) is 0 Å². The van der Waals surface area contributed by atoms with Crippen molar-refractivity contribution in [3.8, 4) is 0 Å². The molecule has 18 heavy (non-hydrogen) atoms. The predicted octanol–water partition coefficient (Wildman–Crippen LogP) is 1.23. The Kier molecular flexibility index (Phi) is 4.75. The summed E-state index contributed by atoms with van der Waals surface area (Å²) in [6, 6.07) is 1.61. The molecular formula is C13H21N3O2. The number of aryl methyl sites for hydroxylation is 1. The van der Waals surface area contributed by atoms with Crippen LogP contribution in [0.1, 0.15) is 32.1 Å². The van der Waals surface area contributed by atoms with E-state index in [4.69, 9.17) is 5.11 Å². The summed E-state index contributed by atoms with van der Waals surface area (Å²) in [5, 5.41) is 16.1. The third-order valence-corrected chi connectivity index (χ3v) is 3.19. The predicted molar refractivity (Wildman–Crippen MR) is 70.6 cm³/mol. The SMILES string of the molecule is O=c1cc(NCC2CC2)cnn1CCCCCO. The summed E-state index contributed by atoms with van der Waals surface area (Å²) in [5.74, 6) is 0.783. The molecule has 0 radical (unpaired) electrons. The van der Waals surface area contributed by atoms with Crippen LogP contribution in [0.3, 0.4) is 0 Å². The Balaban J connectivity index is 1.81. The van der Waals surface area contributed by atoms with Gasteiger partial charge in [-0.05, 0) is 38.0 Å². The van der Waals surface area contributed by atoms with Gasteiger partial charge in [-0.1, -0.05) is 0 Å². The van der Waals surface area contributed by atoms with Crippen LogP contribution in [0.2, 0.25) is 0 Å². The Morgan fingerprint density at radius 2 is 2.22 bits per heavy atom. The van der Waals surface area contributed by atoms with Crippen LogP contribution in [-0.4, -0.2) is 28.0 Å². The second-order valence-electron chi connectivity index (χ2n) is 4.91. The summed E-state index contributed by atoms with van der Waals surface area (Å²) in [5.41, 5.74) is 0.762. The largest absolute Gasteiger partial charge is 0.396 e. The van der Waals surface area contributed by atoms with Crippen molar-refractivity contribution in [3.63, 3.8) is 0 Å². The van der Waals surface area contributed by atoms with E-state index in [0.717, 1.165) is 37.4 Å². The first-order chi connectivity index (χ1) is 8.79. The molecule has 1 aliphatic carbocycles. The van der Waals surface area contributed by atoms with Crippen molar-refractivity contribution in [2.24, 2.45) is 5.92 Å². The lowest BCUT2D eigenvalue weighted by molar-refractivity contribution is 0.281. The molecule has 1 heterocycles. The first-order valence-corrected chi connectivity index (χ1v) is 6.71. The molecule has 0 bridgehead atoms. The van der Waals surface area contributed by atoms with Crippen LogP contribution in [-0.2, 0) is 6.54 Å². The minimum Gasteiger partial charge on any atom is -0.396 e. The maximum Gasteiger partial charge on any atom is 0.268 e. The van der Waals surface area contributed by atoms with Crippen molar-refractivity contribution < 1.29 is 5.11 Å². The van der Waals surface area contributed by atoms with Crippen LogP contribution in [0, 0.1) is 5.92 Å². The fraction of sp³-hybridized carbons (Fsp3) is 0.692. The van der Waals surface area contributed by atoms with Crippen LogP contribution in [0.4, 0.5) is 5.69 Å². The van der Waals surface area contributed by atoms with Crippen LogP contribution in [0.15, 0.2) is 17.1 Å². The van der Waals surface area contributed by atoms with Gasteiger partial charge in [0.05, 0.1) is 11.9 Å². The van der Waals surface area contributed by atoms with Crippen molar-refractivity contribution in [3.05, 3.63) is 22.6 Å². The topological polar surface area (TPSA) is 67.2 Å². The molecule has 1 aromatic rings. The van der Waals surface area contributed by atoms with Gasteiger partial charge in [0, 0.05) is 25.8 Å². The fourth-order valence-electron chi connectivity index (χ4n) is 1.83. The van der Waals surface area contributed by atoms with Crippen LogP contribution >= 0.6 is 0 Å². The highest BCUT2D eigenvalue weighted by Crippen LogP contribution is 2.28. The second kappa shape index (κ2) is 6.54. The van der Waals surface area contributed by atoms with Gasteiger partial charge in [0.1, 0.15) is 0 Å². The first-order valence-electron chi connectivity index (χ1n) is 6.71. The van der Waals surface area contributed by atoms with E-state index in [1.165, 1.54) is 17.5 Å². The number of aliphatic hydroxyl groups is 1. The highest BCUT2D eigenvalue weighted by Gasteiger charge is 2.20. The quantitative estimate of drug-likeness (QED) is 0.682. The third kappa shape index (κ3) is 4.14. The molecule has 100 valence electrons. The molecule has 1 aliphatic rings. The third-order valence-electron chi connectivity index (χ3n) is 3.19. The first kappa shape index (κ1) is 13.1. The van der Waals surface area contributed by atoms with E-state index in [1.807, 2.05) is 0 Å². The number of nitrogens with one attached hydrogen (secondary N) is 1. The lowest BCUT2D eigenvalue weighted by Gasteiger charge is -2.07. The monoisotopic (exact) mass is 251 g/mol. The lowest BCUT2D eigenvalue weighted by Crippen LogP contribution is -2.23. The Labute approximate surface area is 107 Å². The van der Waals surface area contributed by atoms with Gasteiger partial charge in [0.2, 0.25) is 0 Å². The van der Waals surface area contributed by atoms with Crippen molar-refractivity contribution in [1.82, 2.24) is 9.78 Å². The number of unbranched alkanes of at least 4 members (excludes halogenated alkanes) is 2. The summed E-state index contributed by atoms with van der Waals surface area (Å²) in [4.78, 5) is 11.8. The maximum absolute atomic E-state index is 11.8. The second-order valence-corrected chi connectivity index (χ2v) is 4.91. The molecule has 5 heteroatoms. The summed E-state index contributed by atoms with van der Waals surface area (Å²) in [6.07, 6.45) is 6.89. The Hall–Kier alpha value is -1.36. The molecule has 0 spiro atoms. The Bertz CT molecular complexity index is 426. The summed E-state index contributed by atoms with van der Waals surface area (Å²) in [6.45, 7) is 1.79. The van der Waals surface area contributed by atoms with E-state index in [2.05, 4.69) is 10.4 Å². The molecule has 0 aromatic carbocycles. The molecule has 1 fully saturated rings. The molecule has 0 amide bonds. The number of hydrogen-bond donors (Lipinski definition) is 2. The zero-order valence-corrected chi connectivity index (χ0v) is 10.6. The van der Waals surface area contributed by atoms with Gasteiger partial charge in [-0.15, -0.1) is 0 Å². The lowest BCUT2D eigenvalue weighted by atomic mass is 10.2. The van der Waals surface area contributed by atoms with Gasteiger partial charge in [-0.25, -0.2) is 4.68 Å². The van der Waals surface area contributed by atoms with Gasteiger partial charge >= 0.3 is 0 Å². The van der Waals surface area contributed by atoms with E-state index in [1.54, 1.807) is 12.3 Å². The van der Waals surface area contributed by atoms with Gasteiger partial charge in [-0.2, -0.15) is 5.10 Å². The number of aromatic nitrogens is 2. The minimum atomic E-state index is -0.0557. The number of hydrogen-bond acceptors (Lipinski definition) is 4. The zero-order chi connectivity index (χ0) is 12.8. The number of aliphatic hydroxyl groups excluding tert-OH is 1. The fourth-order valence-corrected chi connectivity index (χ4v) is 1.83. The van der Waals surface area contributed by atoms with Gasteiger partial charge in [0.25, 0.3) is 5.56 Å². The van der Waals surface area contributed by atoms with Crippen molar-refractivity contribution in [2.75, 3.05) is 18.5 Å². The summed E-state index contributed by atoms with van der Waals surface area (Å²) < 4.78 is 1.49.